The second-order valence-corrected chi connectivity index (χ2v) is 6.20. The molecule has 0 radical (unpaired) electrons. The summed E-state index contributed by atoms with van der Waals surface area (Å²) in [6.07, 6.45) is 4.39. The number of aromatic amines is 2. The van der Waals surface area contributed by atoms with Gasteiger partial charge in [-0.3, -0.25) is 4.79 Å². The van der Waals surface area contributed by atoms with Gasteiger partial charge in [0.05, 0.1) is 6.42 Å². The molecule has 0 atom stereocenters. The Morgan fingerprint density at radius 1 is 0.889 bits per heavy atom. The number of aliphatic carboxylic acids is 1. The number of hydrogen-bond donors (Lipinski definition) is 6. The van der Waals surface area contributed by atoms with Crippen LogP contribution in [0.15, 0.2) is 48.8 Å². The van der Waals surface area contributed by atoms with E-state index >= 15 is 0 Å². The zero-order chi connectivity index (χ0) is 19.4. The molecule has 0 spiro atoms. The zero-order valence-corrected chi connectivity index (χ0v) is 14.6. The molecule has 7 N–H and O–H groups in total. The summed E-state index contributed by atoms with van der Waals surface area (Å²) in [7, 11) is 0. The highest BCUT2D eigenvalue weighted by molar-refractivity contribution is 5.88. The van der Waals surface area contributed by atoms with Crippen LogP contribution in [0.2, 0.25) is 0 Å². The van der Waals surface area contributed by atoms with Crippen molar-refractivity contribution >= 4 is 27.8 Å². The van der Waals surface area contributed by atoms with Crippen molar-refractivity contribution in [1.82, 2.24) is 9.97 Å². The fraction of sp³-hybridized carbons (Fsp3) is 0.150. The first-order chi connectivity index (χ1) is 13.0. The lowest BCUT2D eigenvalue weighted by atomic mass is 10.1. The van der Waals surface area contributed by atoms with Crippen molar-refractivity contribution in [2.24, 2.45) is 5.73 Å². The molecule has 0 aliphatic rings. The number of rotatable bonds is 4. The lowest BCUT2D eigenvalue weighted by molar-refractivity contribution is -0.136. The number of carboxylic acid groups (broad SMARTS) is 1. The van der Waals surface area contributed by atoms with E-state index in [-0.39, 0.29) is 12.2 Å². The largest absolute Gasteiger partial charge is 0.508 e. The molecule has 7 nitrogen and oxygen atoms in total. The van der Waals surface area contributed by atoms with Crippen LogP contribution in [0.4, 0.5) is 0 Å². The van der Waals surface area contributed by atoms with Crippen LogP contribution < -0.4 is 5.73 Å². The van der Waals surface area contributed by atoms with Crippen LogP contribution in [0.3, 0.4) is 0 Å². The first kappa shape index (κ1) is 18.3. The Hall–Kier alpha value is -3.45. The van der Waals surface area contributed by atoms with Gasteiger partial charge in [-0.1, -0.05) is 0 Å². The summed E-state index contributed by atoms with van der Waals surface area (Å²) in [5, 5.41) is 29.0. The van der Waals surface area contributed by atoms with Gasteiger partial charge in [-0.15, -0.1) is 0 Å². The second-order valence-electron chi connectivity index (χ2n) is 6.20. The molecule has 0 aliphatic carbocycles. The number of aromatic hydroxyl groups is 2. The molecular formula is C20H21N3O4. The van der Waals surface area contributed by atoms with Gasteiger partial charge in [-0.2, -0.15) is 0 Å². The van der Waals surface area contributed by atoms with Crippen LogP contribution in [0.25, 0.3) is 21.8 Å². The minimum Gasteiger partial charge on any atom is -0.508 e. The van der Waals surface area contributed by atoms with E-state index in [0.29, 0.717) is 17.9 Å². The van der Waals surface area contributed by atoms with Gasteiger partial charge in [0.15, 0.2) is 0 Å². The Balaban J connectivity index is 0.000000156. The number of nitrogens with one attached hydrogen (secondary N) is 2. The minimum absolute atomic E-state index is 0.0382. The molecule has 0 saturated heterocycles. The molecule has 140 valence electrons. The van der Waals surface area contributed by atoms with Crippen LogP contribution in [0, 0.1) is 0 Å². The lowest BCUT2D eigenvalue weighted by Gasteiger charge is -1.96. The third-order valence-corrected chi connectivity index (χ3v) is 4.26. The van der Waals surface area contributed by atoms with E-state index in [1.165, 1.54) is 0 Å². The first-order valence-corrected chi connectivity index (χ1v) is 8.47. The molecule has 2 aromatic heterocycles. The summed E-state index contributed by atoms with van der Waals surface area (Å²) in [4.78, 5) is 16.6. The number of fused-ring (bicyclic) bond motifs is 2. The highest BCUT2D eigenvalue weighted by Crippen LogP contribution is 2.23. The standard InChI is InChI=1S/C10H12N2O.C10H9NO3/c11-4-3-7-6-12-10-2-1-8(13)5-9(7)10;12-7-1-2-9-8(4-7)6(5-11-9)3-10(13)14/h1-2,5-6,12-13H,3-4,11H2;1-2,4-5,11-12H,3H2,(H,13,14). The van der Waals surface area contributed by atoms with Gasteiger partial charge in [0.1, 0.15) is 11.5 Å². The van der Waals surface area contributed by atoms with Crippen molar-refractivity contribution < 1.29 is 20.1 Å². The molecule has 0 bridgehead atoms. The summed E-state index contributed by atoms with van der Waals surface area (Å²) < 4.78 is 0. The van der Waals surface area contributed by atoms with E-state index in [0.717, 1.165) is 33.8 Å². The number of H-pyrrole nitrogens is 2. The smallest absolute Gasteiger partial charge is 0.307 e. The average molecular weight is 367 g/mol. The van der Waals surface area contributed by atoms with E-state index in [1.54, 1.807) is 36.5 Å². The quantitative estimate of drug-likeness (QED) is 0.330. The van der Waals surface area contributed by atoms with Gasteiger partial charge in [-0.25, -0.2) is 0 Å². The number of nitrogens with two attached hydrogens (primary N) is 1. The molecule has 7 heteroatoms. The first-order valence-electron chi connectivity index (χ1n) is 8.47. The van der Waals surface area contributed by atoms with Gasteiger partial charge in [0.25, 0.3) is 0 Å². The summed E-state index contributed by atoms with van der Waals surface area (Å²) in [5.74, 6) is -0.441. The molecule has 2 aromatic carbocycles. The lowest BCUT2D eigenvalue weighted by Crippen LogP contribution is -2.01. The van der Waals surface area contributed by atoms with Gasteiger partial charge in [0.2, 0.25) is 0 Å². The minimum atomic E-state index is -0.880. The van der Waals surface area contributed by atoms with Gasteiger partial charge in [0, 0.05) is 34.2 Å². The number of carboxylic acids is 1. The fourth-order valence-electron chi connectivity index (χ4n) is 3.00. The average Bonchev–Trinajstić information content (AvgIpc) is 3.20. The van der Waals surface area contributed by atoms with Gasteiger partial charge in [-0.05, 0) is 60.5 Å². The van der Waals surface area contributed by atoms with Crippen molar-refractivity contribution in [2.75, 3.05) is 6.54 Å². The van der Waals surface area contributed by atoms with Crippen molar-refractivity contribution in [2.45, 2.75) is 12.8 Å². The number of aromatic nitrogens is 2. The summed E-state index contributed by atoms with van der Waals surface area (Å²) >= 11 is 0. The topological polar surface area (TPSA) is 135 Å². The molecule has 0 fully saturated rings. The number of carbonyl (C=O) groups is 1. The highest BCUT2D eigenvalue weighted by atomic mass is 16.4. The zero-order valence-electron chi connectivity index (χ0n) is 14.6. The maximum Gasteiger partial charge on any atom is 0.307 e. The molecule has 2 heterocycles. The van der Waals surface area contributed by atoms with Gasteiger partial charge < -0.3 is 31.0 Å². The Morgan fingerprint density at radius 3 is 1.93 bits per heavy atom. The van der Waals surface area contributed by atoms with Crippen molar-refractivity contribution in [3.63, 3.8) is 0 Å². The Labute approximate surface area is 155 Å². The van der Waals surface area contributed by atoms with Crippen LogP contribution in [0.5, 0.6) is 11.5 Å². The molecule has 0 unspecified atom stereocenters. The molecule has 27 heavy (non-hydrogen) atoms. The maximum atomic E-state index is 10.5. The molecular weight excluding hydrogens is 346 g/mol. The van der Waals surface area contributed by atoms with Crippen LogP contribution in [-0.4, -0.2) is 37.8 Å². The molecule has 4 aromatic rings. The van der Waals surface area contributed by atoms with E-state index in [1.807, 2.05) is 12.3 Å². The maximum absolute atomic E-state index is 10.5. The number of hydrogen-bond acceptors (Lipinski definition) is 4. The normalized spacial score (nSPS) is 10.7. The van der Waals surface area contributed by atoms with Crippen LogP contribution in [0.1, 0.15) is 11.1 Å². The van der Waals surface area contributed by atoms with E-state index in [9.17, 15) is 15.0 Å². The van der Waals surface area contributed by atoms with E-state index < -0.39 is 5.97 Å². The molecule has 0 amide bonds. The predicted molar refractivity (Wildman–Crippen MR) is 104 cm³/mol. The molecule has 0 saturated carbocycles. The third kappa shape index (κ3) is 4.21. The van der Waals surface area contributed by atoms with Gasteiger partial charge >= 0.3 is 5.97 Å². The second kappa shape index (κ2) is 7.84. The summed E-state index contributed by atoms with van der Waals surface area (Å²) in [6, 6.07) is 10.1. The number of phenolic OH excluding ortho intramolecular Hbond substituents is 2. The Kier molecular flexibility index (Phi) is 5.33. The summed E-state index contributed by atoms with van der Waals surface area (Å²) in [5.41, 5.74) is 9.19. The van der Waals surface area contributed by atoms with Crippen molar-refractivity contribution in [3.05, 3.63) is 59.9 Å². The predicted octanol–water partition coefficient (Wildman–Crippen LogP) is 2.88. The number of benzene rings is 2. The van der Waals surface area contributed by atoms with E-state index in [4.69, 9.17) is 10.8 Å². The third-order valence-electron chi connectivity index (χ3n) is 4.26. The SMILES string of the molecule is NCCc1c[nH]c2ccc(O)cc12.O=C(O)Cc1c[nH]c2ccc(O)cc12. The fourth-order valence-corrected chi connectivity index (χ4v) is 3.00. The molecule has 0 aliphatic heterocycles. The Morgan fingerprint density at radius 2 is 1.41 bits per heavy atom. The van der Waals surface area contributed by atoms with E-state index in [2.05, 4.69) is 9.97 Å². The van der Waals surface area contributed by atoms with Crippen molar-refractivity contribution in [3.8, 4) is 11.5 Å². The molecule has 4 rings (SSSR count). The van der Waals surface area contributed by atoms with Crippen molar-refractivity contribution in [1.29, 1.82) is 0 Å². The number of phenols is 2. The summed E-state index contributed by atoms with van der Waals surface area (Å²) in [6.45, 7) is 0.628. The Bertz CT molecular complexity index is 1080. The monoisotopic (exact) mass is 367 g/mol. The highest BCUT2D eigenvalue weighted by Gasteiger charge is 2.07. The van der Waals surface area contributed by atoms with Crippen LogP contribution in [-0.2, 0) is 17.6 Å². The van der Waals surface area contributed by atoms with Crippen LogP contribution >= 0.6 is 0 Å².